The Hall–Kier alpha value is 0.540. The first-order valence-corrected chi connectivity index (χ1v) is 3.11. The van der Waals surface area contributed by atoms with Crippen molar-refractivity contribution < 1.29 is 0 Å². The summed E-state index contributed by atoms with van der Waals surface area (Å²) in [5.41, 5.74) is 0. The highest BCUT2D eigenvalue weighted by Gasteiger charge is 2.22. The van der Waals surface area contributed by atoms with Gasteiger partial charge in [0.15, 0.2) is 4.46 Å². The molecule has 0 N–H and O–H groups in total. The van der Waals surface area contributed by atoms with Crippen LogP contribution in [0, 0.1) is 6.92 Å². The lowest BCUT2D eigenvalue weighted by atomic mass is 10.4. The Kier molecular flexibility index (Phi) is 3.10. The average Bonchev–Trinajstić information content (AvgIpc) is 1.67. The maximum absolute atomic E-state index is 5.68. The molecule has 0 spiro atoms. The van der Waals surface area contributed by atoms with Gasteiger partial charge in [0.05, 0.1) is 0 Å². The standard InChI is InChI=1S/C5H10Cl2N/c1-4-5(6,7)8(2)3/h1,4H2,2-3H3. The monoisotopic (exact) mass is 154 g/mol. The van der Waals surface area contributed by atoms with E-state index in [4.69, 9.17) is 23.2 Å². The van der Waals surface area contributed by atoms with Crippen LogP contribution in [0.1, 0.15) is 6.42 Å². The molecular formula is C5H10Cl2N. The Morgan fingerprint density at radius 1 is 1.50 bits per heavy atom. The molecule has 0 rings (SSSR count). The van der Waals surface area contributed by atoms with Crippen LogP contribution in [0.5, 0.6) is 0 Å². The van der Waals surface area contributed by atoms with Gasteiger partial charge in [0.25, 0.3) is 0 Å². The lowest BCUT2D eigenvalue weighted by Crippen LogP contribution is -2.31. The van der Waals surface area contributed by atoms with Crippen LogP contribution >= 0.6 is 23.2 Å². The van der Waals surface area contributed by atoms with Crippen LogP contribution in [0.25, 0.3) is 0 Å². The smallest absolute Gasteiger partial charge is 0.170 e. The van der Waals surface area contributed by atoms with Crippen molar-refractivity contribution in [3.63, 3.8) is 0 Å². The van der Waals surface area contributed by atoms with Crippen molar-refractivity contribution in [2.24, 2.45) is 0 Å². The highest BCUT2D eigenvalue weighted by Crippen LogP contribution is 2.26. The zero-order chi connectivity index (χ0) is 6.78. The average molecular weight is 155 g/mol. The number of alkyl halides is 2. The third kappa shape index (κ3) is 2.21. The molecule has 1 radical (unpaired) electrons. The fraction of sp³-hybridized carbons (Fsp3) is 0.800. The molecule has 0 saturated heterocycles. The maximum atomic E-state index is 5.68. The lowest BCUT2D eigenvalue weighted by Gasteiger charge is -2.25. The molecule has 0 aliphatic carbocycles. The van der Waals surface area contributed by atoms with Crippen molar-refractivity contribution in [3.8, 4) is 0 Å². The molecule has 0 aromatic rings. The van der Waals surface area contributed by atoms with E-state index in [0.29, 0.717) is 6.42 Å². The molecule has 0 heterocycles. The second-order valence-corrected chi connectivity index (χ2v) is 3.25. The zero-order valence-corrected chi connectivity index (χ0v) is 6.63. The third-order valence-electron chi connectivity index (χ3n) is 0.955. The minimum absolute atomic E-state index is 0.489. The summed E-state index contributed by atoms with van der Waals surface area (Å²) >= 11 is 11.4. The van der Waals surface area contributed by atoms with E-state index in [2.05, 4.69) is 6.92 Å². The molecule has 49 valence electrons. The first-order valence-electron chi connectivity index (χ1n) is 2.35. The minimum Gasteiger partial charge on any atom is -0.279 e. The van der Waals surface area contributed by atoms with Gasteiger partial charge in [-0.15, -0.1) is 0 Å². The second kappa shape index (κ2) is 2.90. The highest BCUT2D eigenvalue weighted by atomic mass is 35.5. The van der Waals surface area contributed by atoms with Crippen LogP contribution in [-0.2, 0) is 0 Å². The zero-order valence-electron chi connectivity index (χ0n) is 5.12. The summed E-state index contributed by atoms with van der Waals surface area (Å²) in [7, 11) is 3.62. The molecular weight excluding hydrogens is 145 g/mol. The van der Waals surface area contributed by atoms with E-state index < -0.39 is 4.46 Å². The van der Waals surface area contributed by atoms with Crippen LogP contribution < -0.4 is 0 Å². The van der Waals surface area contributed by atoms with Gasteiger partial charge >= 0.3 is 0 Å². The van der Waals surface area contributed by atoms with Crippen LogP contribution in [0.4, 0.5) is 0 Å². The van der Waals surface area contributed by atoms with Crippen LogP contribution in [0.15, 0.2) is 0 Å². The Morgan fingerprint density at radius 2 is 1.88 bits per heavy atom. The Morgan fingerprint density at radius 3 is 1.88 bits per heavy atom. The number of hydrogen-bond donors (Lipinski definition) is 0. The number of halogens is 2. The lowest BCUT2D eigenvalue weighted by molar-refractivity contribution is 0.338. The molecule has 0 aromatic carbocycles. The summed E-state index contributed by atoms with van der Waals surface area (Å²) in [6, 6.07) is 0. The molecule has 8 heavy (non-hydrogen) atoms. The quantitative estimate of drug-likeness (QED) is 0.434. The predicted molar refractivity (Wildman–Crippen MR) is 38.1 cm³/mol. The summed E-state index contributed by atoms with van der Waals surface area (Å²) in [6.07, 6.45) is 0.489. The molecule has 3 heteroatoms. The second-order valence-electron chi connectivity index (χ2n) is 1.81. The van der Waals surface area contributed by atoms with Crippen molar-refractivity contribution in [1.82, 2.24) is 4.90 Å². The highest BCUT2D eigenvalue weighted by molar-refractivity contribution is 6.47. The summed E-state index contributed by atoms with van der Waals surface area (Å²) < 4.78 is -0.792. The van der Waals surface area contributed by atoms with Gasteiger partial charge in [-0.05, 0) is 27.4 Å². The van der Waals surface area contributed by atoms with Crippen LogP contribution in [0.3, 0.4) is 0 Å². The molecule has 0 fully saturated rings. The largest absolute Gasteiger partial charge is 0.279 e. The summed E-state index contributed by atoms with van der Waals surface area (Å²) in [5, 5.41) is 0. The first kappa shape index (κ1) is 8.54. The molecule has 0 atom stereocenters. The molecule has 0 aliphatic rings. The SMILES string of the molecule is [CH2]CC(Cl)(Cl)N(C)C. The van der Waals surface area contributed by atoms with Crippen molar-refractivity contribution in [3.05, 3.63) is 6.92 Å². The van der Waals surface area contributed by atoms with E-state index in [-0.39, 0.29) is 0 Å². The number of hydrogen-bond acceptors (Lipinski definition) is 1. The topological polar surface area (TPSA) is 3.24 Å². The van der Waals surface area contributed by atoms with Gasteiger partial charge in [-0.1, -0.05) is 23.2 Å². The molecule has 0 amide bonds. The molecule has 0 aromatic heterocycles. The van der Waals surface area contributed by atoms with Gasteiger partial charge < -0.3 is 0 Å². The fourth-order valence-electron chi connectivity index (χ4n) is 0.224. The van der Waals surface area contributed by atoms with Gasteiger partial charge in [-0.25, -0.2) is 0 Å². The van der Waals surface area contributed by atoms with Crippen molar-refractivity contribution in [2.45, 2.75) is 10.9 Å². The van der Waals surface area contributed by atoms with Crippen molar-refractivity contribution in [2.75, 3.05) is 14.1 Å². The van der Waals surface area contributed by atoms with Gasteiger partial charge in [0, 0.05) is 0 Å². The molecule has 0 aliphatic heterocycles. The normalized spacial score (nSPS) is 12.8. The van der Waals surface area contributed by atoms with Crippen LogP contribution in [-0.4, -0.2) is 23.5 Å². The van der Waals surface area contributed by atoms with Crippen LogP contribution in [0.2, 0.25) is 0 Å². The number of nitrogens with zero attached hydrogens (tertiary/aromatic N) is 1. The first-order chi connectivity index (χ1) is 3.50. The number of rotatable bonds is 2. The summed E-state index contributed by atoms with van der Waals surface area (Å²) in [4.78, 5) is 1.71. The molecule has 0 saturated carbocycles. The summed E-state index contributed by atoms with van der Waals surface area (Å²) in [6.45, 7) is 3.57. The predicted octanol–water partition coefficient (Wildman–Crippen LogP) is 1.90. The van der Waals surface area contributed by atoms with E-state index in [1.807, 2.05) is 14.1 Å². The Bertz CT molecular complexity index is 70.8. The minimum atomic E-state index is -0.792. The van der Waals surface area contributed by atoms with Crippen molar-refractivity contribution >= 4 is 23.2 Å². The van der Waals surface area contributed by atoms with Crippen molar-refractivity contribution in [1.29, 1.82) is 0 Å². The summed E-state index contributed by atoms with van der Waals surface area (Å²) in [5.74, 6) is 0. The van der Waals surface area contributed by atoms with E-state index in [9.17, 15) is 0 Å². The van der Waals surface area contributed by atoms with E-state index in [0.717, 1.165) is 0 Å². The van der Waals surface area contributed by atoms with E-state index >= 15 is 0 Å². The van der Waals surface area contributed by atoms with Gasteiger partial charge in [0.1, 0.15) is 0 Å². The maximum Gasteiger partial charge on any atom is 0.170 e. The van der Waals surface area contributed by atoms with E-state index in [1.165, 1.54) is 0 Å². The fourth-order valence-corrected chi connectivity index (χ4v) is 0.224. The Balaban J connectivity index is 3.71. The third-order valence-corrected chi connectivity index (χ3v) is 2.01. The van der Waals surface area contributed by atoms with Gasteiger partial charge in [-0.2, -0.15) is 0 Å². The van der Waals surface area contributed by atoms with Gasteiger partial charge in [0.2, 0.25) is 0 Å². The van der Waals surface area contributed by atoms with Gasteiger partial charge in [-0.3, -0.25) is 4.90 Å². The van der Waals surface area contributed by atoms with E-state index in [1.54, 1.807) is 4.90 Å². The Labute approximate surface area is 60.6 Å². The molecule has 0 bridgehead atoms. The molecule has 1 nitrogen and oxygen atoms in total. The molecule has 0 unspecified atom stereocenters.